The Labute approximate surface area is 146 Å². The van der Waals surface area contributed by atoms with Gasteiger partial charge in [-0.3, -0.25) is 4.79 Å². The number of nitrogens with one attached hydrogen (secondary N) is 2. The molecular formula is C17H12N4O3S. The van der Waals surface area contributed by atoms with E-state index in [1.165, 1.54) is 23.5 Å². The van der Waals surface area contributed by atoms with Crippen molar-refractivity contribution in [3.8, 4) is 11.3 Å². The third-order valence-corrected chi connectivity index (χ3v) is 4.54. The second-order valence-corrected chi connectivity index (χ2v) is 6.24. The van der Waals surface area contributed by atoms with Gasteiger partial charge in [-0.25, -0.2) is 14.8 Å². The zero-order valence-electron chi connectivity index (χ0n) is 12.8. The molecule has 0 fully saturated rings. The molecule has 124 valence electrons. The van der Waals surface area contributed by atoms with Crippen LogP contribution in [0.1, 0.15) is 15.9 Å². The van der Waals surface area contributed by atoms with Crippen LogP contribution in [0.5, 0.6) is 0 Å². The average Bonchev–Trinajstić information content (AvgIpc) is 2.99. The summed E-state index contributed by atoms with van der Waals surface area (Å²) in [7, 11) is 0. The van der Waals surface area contributed by atoms with Gasteiger partial charge in [0.1, 0.15) is 0 Å². The number of hydrogen-bond donors (Lipinski definition) is 3. The first kappa shape index (κ1) is 15.3. The fourth-order valence-electron chi connectivity index (χ4n) is 2.60. The first-order valence-corrected chi connectivity index (χ1v) is 8.37. The molecule has 3 heterocycles. The molecule has 0 unspecified atom stereocenters. The molecule has 0 saturated carbocycles. The van der Waals surface area contributed by atoms with Crippen LogP contribution in [-0.4, -0.2) is 27.0 Å². The minimum absolute atomic E-state index is 0.0908. The summed E-state index contributed by atoms with van der Waals surface area (Å²) < 4.78 is 0. The van der Waals surface area contributed by atoms with Gasteiger partial charge < -0.3 is 15.7 Å². The smallest absolute Gasteiger partial charge is 0.335 e. The van der Waals surface area contributed by atoms with E-state index in [9.17, 15) is 9.59 Å². The molecule has 3 aromatic rings. The standard InChI is InChI=1S/C17H12N4O3S/c22-14-5-10-6-18-17(19-11-3-1-9(2-4-11)16(23)24)21-15(10)12-7-25-8-13(12)20-14/h1-4,6-8H,5H2,(H,20,22)(H,23,24)(H,18,19,21). The lowest BCUT2D eigenvalue weighted by molar-refractivity contribution is -0.115. The number of fused-ring (bicyclic) bond motifs is 3. The predicted molar refractivity (Wildman–Crippen MR) is 94.4 cm³/mol. The van der Waals surface area contributed by atoms with E-state index in [-0.39, 0.29) is 17.9 Å². The number of carbonyl (C=O) groups excluding carboxylic acids is 1. The normalized spacial score (nSPS) is 12.6. The Hall–Kier alpha value is -3.26. The van der Waals surface area contributed by atoms with Gasteiger partial charge in [0.2, 0.25) is 11.9 Å². The molecule has 1 aliphatic rings. The van der Waals surface area contributed by atoms with Gasteiger partial charge in [-0.15, -0.1) is 11.3 Å². The number of rotatable bonds is 3. The van der Waals surface area contributed by atoms with Gasteiger partial charge in [0, 0.05) is 33.8 Å². The number of aromatic carboxylic acids is 1. The molecule has 0 saturated heterocycles. The Kier molecular flexibility index (Phi) is 3.66. The van der Waals surface area contributed by atoms with Gasteiger partial charge in [0.05, 0.1) is 23.4 Å². The van der Waals surface area contributed by atoms with Crippen molar-refractivity contribution in [3.63, 3.8) is 0 Å². The van der Waals surface area contributed by atoms with Crippen LogP contribution >= 0.6 is 11.3 Å². The molecule has 0 atom stereocenters. The van der Waals surface area contributed by atoms with E-state index < -0.39 is 5.97 Å². The maximum absolute atomic E-state index is 11.9. The Morgan fingerprint density at radius 1 is 1.24 bits per heavy atom. The van der Waals surface area contributed by atoms with Crippen LogP contribution in [0.3, 0.4) is 0 Å². The number of aromatic nitrogens is 2. The van der Waals surface area contributed by atoms with Crippen LogP contribution in [0, 0.1) is 0 Å². The number of amides is 1. The van der Waals surface area contributed by atoms with Gasteiger partial charge >= 0.3 is 5.97 Å². The molecule has 4 rings (SSSR count). The highest BCUT2D eigenvalue weighted by Gasteiger charge is 2.21. The van der Waals surface area contributed by atoms with E-state index in [4.69, 9.17) is 5.11 Å². The number of hydrogen-bond acceptors (Lipinski definition) is 6. The third-order valence-electron chi connectivity index (χ3n) is 3.79. The summed E-state index contributed by atoms with van der Waals surface area (Å²) in [5.74, 6) is -0.685. The van der Waals surface area contributed by atoms with Crippen molar-refractivity contribution in [2.45, 2.75) is 6.42 Å². The van der Waals surface area contributed by atoms with E-state index >= 15 is 0 Å². The highest BCUT2D eigenvalue weighted by atomic mass is 32.1. The van der Waals surface area contributed by atoms with Crippen LogP contribution in [0.15, 0.2) is 41.2 Å². The van der Waals surface area contributed by atoms with Crippen LogP contribution in [0.4, 0.5) is 17.3 Å². The van der Waals surface area contributed by atoms with E-state index in [0.717, 1.165) is 16.8 Å². The number of nitrogens with zero attached hydrogens (tertiary/aromatic N) is 2. The summed E-state index contributed by atoms with van der Waals surface area (Å²) in [5.41, 5.74) is 4.00. The predicted octanol–water partition coefficient (Wildman–Crippen LogP) is 3.14. The lowest BCUT2D eigenvalue weighted by Gasteiger charge is -2.09. The van der Waals surface area contributed by atoms with Gasteiger partial charge in [-0.1, -0.05) is 0 Å². The summed E-state index contributed by atoms with van der Waals surface area (Å²) in [6.45, 7) is 0. The van der Waals surface area contributed by atoms with Crippen molar-refractivity contribution >= 4 is 40.5 Å². The number of benzene rings is 1. The average molecular weight is 352 g/mol. The van der Waals surface area contributed by atoms with Crippen LogP contribution < -0.4 is 10.6 Å². The Morgan fingerprint density at radius 2 is 2.04 bits per heavy atom. The number of carbonyl (C=O) groups is 2. The van der Waals surface area contributed by atoms with E-state index in [1.807, 2.05) is 10.8 Å². The lowest BCUT2D eigenvalue weighted by Crippen LogP contribution is -2.12. The lowest BCUT2D eigenvalue weighted by atomic mass is 10.1. The molecule has 3 N–H and O–H groups in total. The third kappa shape index (κ3) is 2.94. The van der Waals surface area contributed by atoms with Crippen LogP contribution in [0.2, 0.25) is 0 Å². The first-order valence-electron chi connectivity index (χ1n) is 7.43. The van der Waals surface area contributed by atoms with Crippen molar-refractivity contribution in [1.29, 1.82) is 0 Å². The second kappa shape index (κ2) is 5.99. The van der Waals surface area contributed by atoms with Crippen molar-refractivity contribution < 1.29 is 14.7 Å². The fraction of sp³-hybridized carbons (Fsp3) is 0.0588. The molecule has 7 nitrogen and oxygen atoms in total. The molecule has 8 heteroatoms. The SMILES string of the molecule is O=C1Cc2cnc(Nc3ccc(C(=O)O)cc3)nc2-c2cscc2N1. The first-order chi connectivity index (χ1) is 12.1. The zero-order chi connectivity index (χ0) is 17.4. The minimum Gasteiger partial charge on any atom is -0.478 e. The highest BCUT2D eigenvalue weighted by Crippen LogP contribution is 2.35. The van der Waals surface area contributed by atoms with Gasteiger partial charge in [0.15, 0.2) is 0 Å². The maximum Gasteiger partial charge on any atom is 0.335 e. The highest BCUT2D eigenvalue weighted by molar-refractivity contribution is 7.08. The Morgan fingerprint density at radius 3 is 2.80 bits per heavy atom. The van der Waals surface area contributed by atoms with Crippen molar-refractivity contribution in [2.24, 2.45) is 0 Å². The molecule has 0 aliphatic carbocycles. The molecule has 0 bridgehead atoms. The Balaban J connectivity index is 1.68. The number of carboxylic acid groups (broad SMARTS) is 1. The summed E-state index contributed by atoms with van der Waals surface area (Å²) in [6, 6.07) is 6.32. The van der Waals surface area contributed by atoms with Crippen molar-refractivity contribution in [1.82, 2.24) is 9.97 Å². The maximum atomic E-state index is 11.9. The minimum atomic E-state index is -0.977. The van der Waals surface area contributed by atoms with Gasteiger partial charge in [0.25, 0.3) is 0 Å². The molecule has 2 aromatic heterocycles. The molecule has 1 aliphatic heterocycles. The largest absolute Gasteiger partial charge is 0.478 e. The molecule has 1 aromatic carbocycles. The summed E-state index contributed by atoms with van der Waals surface area (Å²) in [4.78, 5) is 31.7. The van der Waals surface area contributed by atoms with Crippen molar-refractivity contribution in [3.05, 3.63) is 52.3 Å². The van der Waals surface area contributed by atoms with Gasteiger partial charge in [-0.05, 0) is 24.3 Å². The zero-order valence-corrected chi connectivity index (χ0v) is 13.6. The topological polar surface area (TPSA) is 104 Å². The fourth-order valence-corrected chi connectivity index (χ4v) is 3.36. The van der Waals surface area contributed by atoms with E-state index in [0.29, 0.717) is 17.3 Å². The molecule has 0 radical (unpaired) electrons. The Bertz CT molecular complexity index is 982. The quantitative estimate of drug-likeness (QED) is 0.669. The number of anilines is 3. The second-order valence-electron chi connectivity index (χ2n) is 5.50. The molecule has 1 amide bonds. The van der Waals surface area contributed by atoms with E-state index in [2.05, 4.69) is 20.6 Å². The summed E-state index contributed by atoms with van der Waals surface area (Å²) in [5, 5.41) is 18.7. The molecular weight excluding hydrogens is 340 g/mol. The summed E-state index contributed by atoms with van der Waals surface area (Å²) >= 11 is 1.49. The van der Waals surface area contributed by atoms with Crippen LogP contribution in [-0.2, 0) is 11.2 Å². The molecule has 0 spiro atoms. The number of carboxylic acids is 1. The molecule has 25 heavy (non-hydrogen) atoms. The van der Waals surface area contributed by atoms with Crippen molar-refractivity contribution in [2.75, 3.05) is 10.6 Å². The van der Waals surface area contributed by atoms with Crippen LogP contribution in [0.25, 0.3) is 11.3 Å². The monoisotopic (exact) mass is 352 g/mol. The number of thiophene rings is 1. The van der Waals surface area contributed by atoms with E-state index in [1.54, 1.807) is 18.3 Å². The van der Waals surface area contributed by atoms with Gasteiger partial charge in [-0.2, -0.15) is 0 Å². The summed E-state index contributed by atoms with van der Waals surface area (Å²) in [6.07, 6.45) is 1.87.